The predicted octanol–water partition coefficient (Wildman–Crippen LogP) is 3.66. The lowest BCUT2D eigenvalue weighted by molar-refractivity contribution is -0.607. The van der Waals surface area contributed by atoms with Gasteiger partial charge in [0, 0.05) is 29.4 Å². The highest BCUT2D eigenvalue weighted by atomic mass is 19.4. The van der Waals surface area contributed by atoms with Gasteiger partial charge in [-0.1, -0.05) is 19.9 Å². The number of amides is 2. The maximum atomic E-state index is 14.7. The molecule has 3 N–H and O–H groups in total. The minimum Gasteiger partial charge on any atom is -0.618 e. The number of nitrogens with zero attached hydrogens (tertiary/aromatic N) is 1. The van der Waals surface area contributed by atoms with Crippen LogP contribution in [-0.4, -0.2) is 42.4 Å². The van der Waals surface area contributed by atoms with Gasteiger partial charge in [0.1, 0.15) is 12.2 Å². The minimum absolute atomic E-state index is 0.0828. The van der Waals surface area contributed by atoms with E-state index in [1.54, 1.807) is 0 Å². The van der Waals surface area contributed by atoms with Crippen molar-refractivity contribution in [3.63, 3.8) is 0 Å². The van der Waals surface area contributed by atoms with Crippen molar-refractivity contribution in [3.05, 3.63) is 53.0 Å². The number of pyridine rings is 1. The summed E-state index contributed by atoms with van der Waals surface area (Å²) in [7, 11) is 0. The van der Waals surface area contributed by atoms with Crippen LogP contribution in [0.2, 0.25) is 0 Å². The molecule has 0 spiro atoms. The van der Waals surface area contributed by atoms with Gasteiger partial charge in [-0.2, -0.15) is 26.7 Å². The molecule has 0 aromatic carbocycles. The van der Waals surface area contributed by atoms with E-state index in [1.165, 1.54) is 0 Å². The maximum absolute atomic E-state index is 14.7. The number of aromatic nitrogens is 1. The molecule has 1 aromatic rings. The largest absolute Gasteiger partial charge is 0.618 e. The second-order valence-electron chi connectivity index (χ2n) is 9.11. The zero-order valence-corrected chi connectivity index (χ0v) is 19.5. The molecule has 0 bridgehead atoms. The van der Waals surface area contributed by atoms with E-state index in [0.29, 0.717) is 13.0 Å². The van der Waals surface area contributed by atoms with E-state index < -0.39 is 77.0 Å². The van der Waals surface area contributed by atoms with Crippen LogP contribution < -0.4 is 15.8 Å². The SMILES string of the molecule is C[C@@H]1[C@H](C2(C)C=CC(F)=C(F)C2OC(F)F)[C@@H](C(=O)Nc2cc[n+]([O-])c(C(N)=O)c2)O[C@@]1(C)C(F)(F)F. The van der Waals surface area contributed by atoms with Crippen LogP contribution in [0.3, 0.4) is 0 Å². The van der Waals surface area contributed by atoms with Gasteiger partial charge >= 0.3 is 18.7 Å². The van der Waals surface area contributed by atoms with E-state index in [-0.39, 0.29) is 10.4 Å². The number of nitrogens with one attached hydrogen (secondary N) is 1. The molecule has 1 aliphatic heterocycles. The number of rotatable bonds is 6. The van der Waals surface area contributed by atoms with Gasteiger partial charge in [0.2, 0.25) is 0 Å². The highest BCUT2D eigenvalue weighted by Crippen LogP contribution is 2.58. The minimum atomic E-state index is -5.08. The Bertz CT molecular complexity index is 1160. The van der Waals surface area contributed by atoms with Crippen molar-refractivity contribution in [2.24, 2.45) is 23.0 Å². The number of primary amides is 1. The van der Waals surface area contributed by atoms with Crippen molar-refractivity contribution >= 4 is 17.5 Å². The monoisotopic (exact) mass is 541 g/mol. The molecular weight excluding hydrogens is 519 g/mol. The van der Waals surface area contributed by atoms with E-state index in [9.17, 15) is 45.5 Å². The molecule has 2 unspecified atom stereocenters. The first kappa shape index (κ1) is 28.4. The Hall–Kier alpha value is -3.20. The normalized spacial score (nSPS) is 32.2. The Balaban J connectivity index is 2.10. The maximum Gasteiger partial charge on any atom is 0.417 e. The lowest BCUT2D eigenvalue weighted by atomic mass is 9.62. The molecule has 1 fully saturated rings. The predicted molar refractivity (Wildman–Crippen MR) is 112 cm³/mol. The molecule has 6 atom stereocenters. The smallest absolute Gasteiger partial charge is 0.417 e. The summed E-state index contributed by atoms with van der Waals surface area (Å²) in [4.78, 5) is 24.6. The van der Waals surface area contributed by atoms with Gasteiger partial charge in [0.05, 0.1) is 5.69 Å². The van der Waals surface area contributed by atoms with Crippen LogP contribution in [0.4, 0.5) is 36.4 Å². The molecule has 0 saturated carbocycles. The molecular formula is C22H22F7N3O5. The van der Waals surface area contributed by atoms with Gasteiger partial charge < -0.3 is 25.7 Å². The molecule has 37 heavy (non-hydrogen) atoms. The Morgan fingerprint density at radius 1 is 1.27 bits per heavy atom. The quantitative estimate of drug-likeness (QED) is 0.324. The average molecular weight is 541 g/mol. The van der Waals surface area contributed by atoms with Gasteiger partial charge in [-0.25, -0.2) is 8.78 Å². The van der Waals surface area contributed by atoms with E-state index in [2.05, 4.69) is 10.1 Å². The van der Waals surface area contributed by atoms with Crippen LogP contribution in [0, 0.1) is 22.5 Å². The summed E-state index contributed by atoms with van der Waals surface area (Å²) in [6, 6.07) is 1.86. The van der Waals surface area contributed by atoms with Gasteiger partial charge in [-0.05, 0) is 13.0 Å². The van der Waals surface area contributed by atoms with Crippen LogP contribution in [0.15, 0.2) is 42.1 Å². The van der Waals surface area contributed by atoms with Crippen molar-refractivity contribution in [2.75, 3.05) is 5.32 Å². The highest BCUT2D eigenvalue weighted by molar-refractivity contribution is 5.96. The van der Waals surface area contributed by atoms with Gasteiger partial charge in [-0.15, -0.1) is 0 Å². The average Bonchev–Trinajstić information content (AvgIpc) is 3.07. The zero-order chi connectivity index (χ0) is 28.1. The molecule has 1 aliphatic carbocycles. The van der Waals surface area contributed by atoms with Crippen molar-refractivity contribution in [1.29, 1.82) is 0 Å². The second-order valence-corrected chi connectivity index (χ2v) is 9.11. The van der Waals surface area contributed by atoms with Crippen LogP contribution in [-0.2, 0) is 14.3 Å². The van der Waals surface area contributed by atoms with Crippen LogP contribution in [0.1, 0.15) is 31.3 Å². The number of hydrogen-bond donors (Lipinski definition) is 2. The molecule has 204 valence electrons. The Kier molecular flexibility index (Phi) is 7.36. The molecule has 0 radical (unpaired) electrons. The van der Waals surface area contributed by atoms with E-state index in [0.717, 1.165) is 38.3 Å². The molecule has 2 amide bonds. The van der Waals surface area contributed by atoms with E-state index >= 15 is 0 Å². The van der Waals surface area contributed by atoms with E-state index in [1.807, 2.05) is 0 Å². The summed E-state index contributed by atoms with van der Waals surface area (Å²) in [5.74, 6) is -9.13. The van der Waals surface area contributed by atoms with Crippen LogP contribution in [0.25, 0.3) is 0 Å². The number of carbonyl (C=O) groups excluding carboxylic acids is 2. The first-order valence-corrected chi connectivity index (χ1v) is 10.7. The number of anilines is 1. The number of halogens is 7. The van der Waals surface area contributed by atoms with Crippen molar-refractivity contribution in [3.8, 4) is 0 Å². The van der Waals surface area contributed by atoms with Gasteiger partial charge in [0.25, 0.3) is 11.6 Å². The van der Waals surface area contributed by atoms with Crippen molar-refractivity contribution in [2.45, 2.75) is 51.4 Å². The zero-order valence-electron chi connectivity index (χ0n) is 19.5. The molecule has 8 nitrogen and oxygen atoms in total. The number of hydrogen-bond acceptors (Lipinski definition) is 5. The summed E-state index contributed by atoms with van der Waals surface area (Å²) in [5.41, 5.74) is -0.910. The van der Waals surface area contributed by atoms with Crippen LogP contribution in [0.5, 0.6) is 0 Å². The number of nitrogens with two attached hydrogens (primary N) is 1. The van der Waals surface area contributed by atoms with Gasteiger partial charge in [0.15, 0.2) is 23.5 Å². The Labute approximate surface area is 205 Å². The molecule has 2 aliphatic rings. The molecule has 3 rings (SSSR count). The fraction of sp³-hybridized carbons (Fsp3) is 0.500. The first-order chi connectivity index (χ1) is 16.9. The first-order valence-electron chi connectivity index (χ1n) is 10.7. The van der Waals surface area contributed by atoms with Crippen LogP contribution >= 0.6 is 0 Å². The number of allylic oxidation sites excluding steroid dienone is 2. The summed E-state index contributed by atoms with van der Waals surface area (Å²) < 4.78 is 107. The Morgan fingerprint density at radius 3 is 2.43 bits per heavy atom. The summed E-state index contributed by atoms with van der Waals surface area (Å²) >= 11 is 0. The van der Waals surface area contributed by atoms with Crippen molar-refractivity contribution in [1.82, 2.24) is 0 Å². The summed E-state index contributed by atoms with van der Waals surface area (Å²) in [6.07, 6.45) is -7.32. The van der Waals surface area contributed by atoms with E-state index in [4.69, 9.17) is 10.5 Å². The third-order valence-electron chi connectivity index (χ3n) is 6.94. The summed E-state index contributed by atoms with van der Waals surface area (Å²) in [5, 5.41) is 13.9. The lowest BCUT2D eigenvalue weighted by Gasteiger charge is -2.44. The van der Waals surface area contributed by atoms with Gasteiger partial charge in [-0.3, -0.25) is 9.59 Å². The fourth-order valence-electron chi connectivity index (χ4n) is 4.83. The third-order valence-corrected chi connectivity index (χ3v) is 6.94. The van der Waals surface area contributed by atoms with Crippen molar-refractivity contribution < 1.29 is 54.5 Å². The Morgan fingerprint density at radius 2 is 1.89 bits per heavy atom. The third kappa shape index (κ3) is 4.89. The second kappa shape index (κ2) is 9.59. The number of carbonyl (C=O) groups is 2. The number of alkyl halides is 5. The highest BCUT2D eigenvalue weighted by Gasteiger charge is 2.69. The molecule has 1 saturated heterocycles. The molecule has 2 heterocycles. The standard InChI is InChI=1S/C22H22F7N3O5/c1-9-13(20(2)6-4-11(23)14(24)16(20)36-19(25)26)15(37-21(9,3)22(27,28)29)18(34)31-10-5-7-32(35)12(8-10)17(30)33/h4-9,13,15-16,19H,1-3H3,(H2,30,33)(H,31,34)/t9-,13+,15+,16?,20?,21-/m1/s1. The summed E-state index contributed by atoms with van der Waals surface area (Å²) in [6.45, 7) is -0.921. The molecule has 15 heteroatoms. The fourth-order valence-corrected chi connectivity index (χ4v) is 4.83. The lowest BCUT2D eigenvalue weighted by Crippen LogP contribution is -2.51. The molecule has 1 aromatic heterocycles. The topological polar surface area (TPSA) is 118 Å². The number of ether oxygens (including phenoxy) is 2.